The van der Waals surface area contributed by atoms with Crippen LogP contribution in [0.4, 0.5) is 0 Å². The average molecular weight is 424 g/mol. The van der Waals surface area contributed by atoms with Gasteiger partial charge in [0.05, 0.1) is 19.8 Å². The molecule has 2 N–H and O–H groups in total. The molecular formula is C26H33NO4. The van der Waals surface area contributed by atoms with Crippen LogP contribution in [0.1, 0.15) is 51.2 Å². The summed E-state index contributed by atoms with van der Waals surface area (Å²) in [5.74, 6) is 1.80. The highest BCUT2D eigenvalue weighted by Gasteiger charge is 2.68. The normalized spacial score (nSPS) is 33.3. The van der Waals surface area contributed by atoms with Gasteiger partial charge in [0.15, 0.2) is 0 Å². The van der Waals surface area contributed by atoms with Crippen LogP contribution in [-0.2, 0) is 9.53 Å². The fraction of sp³-hybridized carbons (Fsp3) is 0.577. The molecule has 3 fully saturated rings. The number of aliphatic hydroxyl groups is 1. The van der Waals surface area contributed by atoms with Crippen molar-refractivity contribution in [2.75, 3.05) is 20.3 Å². The van der Waals surface area contributed by atoms with Crippen LogP contribution in [0, 0.1) is 22.7 Å². The van der Waals surface area contributed by atoms with Crippen LogP contribution in [-0.4, -0.2) is 37.4 Å². The number of methoxy groups -OCH3 is 1. The van der Waals surface area contributed by atoms with Crippen molar-refractivity contribution in [3.63, 3.8) is 0 Å². The van der Waals surface area contributed by atoms with Crippen LogP contribution in [0.5, 0.6) is 5.75 Å². The van der Waals surface area contributed by atoms with Crippen molar-refractivity contribution in [1.29, 1.82) is 0 Å². The van der Waals surface area contributed by atoms with Crippen LogP contribution in [0.3, 0.4) is 0 Å². The van der Waals surface area contributed by atoms with E-state index in [-0.39, 0.29) is 41.9 Å². The number of nitrogens with one attached hydrogen (secondary N) is 1. The van der Waals surface area contributed by atoms with Crippen molar-refractivity contribution in [2.45, 2.75) is 51.7 Å². The van der Waals surface area contributed by atoms with E-state index in [0.717, 1.165) is 37.0 Å². The van der Waals surface area contributed by atoms with Crippen LogP contribution in [0.2, 0.25) is 0 Å². The lowest BCUT2D eigenvalue weighted by molar-refractivity contribution is -0.137. The first-order valence-corrected chi connectivity index (χ1v) is 11.5. The molecule has 3 aliphatic rings. The number of amides is 1. The van der Waals surface area contributed by atoms with Crippen LogP contribution in [0.15, 0.2) is 36.4 Å². The third-order valence-electron chi connectivity index (χ3n) is 8.55. The third-order valence-corrected chi connectivity index (χ3v) is 8.55. The smallest absolute Gasteiger partial charge is 0.222 e. The zero-order chi connectivity index (χ0) is 21.8. The summed E-state index contributed by atoms with van der Waals surface area (Å²) in [5.41, 5.74) is 1.35. The van der Waals surface area contributed by atoms with Gasteiger partial charge in [0.25, 0.3) is 0 Å². The molecule has 0 unspecified atom stereocenters. The van der Waals surface area contributed by atoms with Crippen molar-refractivity contribution in [3.05, 3.63) is 42.0 Å². The Morgan fingerprint density at radius 1 is 1.23 bits per heavy atom. The lowest BCUT2D eigenvalue weighted by atomic mass is 9.58. The lowest BCUT2D eigenvalue weighted by Crippen LogP contribution is -2.59. The van der Waals surface area contributed by atoms with Gasteiger partial charge in [-0.25, -0.2) is 0 Å². The molecule has 166 valence electrons. The first-order valence-electron chi connectivity index (χ1n) is 11.5. The van der Waals surface area contributed by atoms with Gasteiger partial charge in [0, 0.05) is 19.1 Å². The number of hydrogen-bond acceptors (Lipinski definition) is 4. The third kappa shape index (κ3) is 3.16. The number of ether oxygens (including phenoxy) is 2. The summed E-state index contributed by atoms with van der Waals surface area (Å²) in [4.78, 5) is 12.5. The van der Waals surface area contributed by atoms with Gasteiger partial charge in [-0.2, -0.15) is 0 Å². The number of carbonyl (C=O) groups is 1. The molecule has 1 amide bonds. The standard InChI is InChI=1S/C26H33NO4/c1-25(2)19-14-21-23(18-5-4-17-13-20(30-3)7-6-16(17)12-18)31-11-9-26(21,15-19)24(25)27-22(29)8-10-28/h4-7,12-13,19,21,23-24,28H,8-11,14-15H2,1-3H3,(H,27,29)/t19-,21-,23-,24+,26-/m1/s1. The van der Waals surface area contributed by atoms with E-state index >= 15 is 0 Å². The predicted molar refractivity (Wildman–Crippen MR) is 120 cm³/mol. The maximum Gasteiger partial charge on any atom is 0.222 e. The van der Waals surface area contributed by atoms with Crippen molar-refractivity contribution in [1.82, 2.24) is 5.32 Å². The monoisotopic (exact) mass is 423 g/mol. The van der Waals surface area contributed by atoms with E-state index in [4.69, 9.17) is 9.47 Å². The van der Waals surface area contributed by atoms with E-state index in [1.54, 1.807) is 7.11 Å². The molecule has 1 aliphatic heterocycles. The Kier molecular flexibility index (Phi) is 5.02. The van der Waals surface area contributed by atoms with Gasteiger partial charge >= 0.3 is 0 Å². The second-order valence-electron chi connectivity index (χ2n) is 10.3. The number of aliphatic hydroxyl groups excluding tert-OH is 1. The van der Waals surface area contributed by atoms with Gasteiger partial charge in [0.2, 0.25) is 5.91 Å². The minimum absolute atomic E-state index is 0.0380. The highest BCUT2D eigenvalue weighted by Crippen LogP contribution is 2.70. The average Bonchev–Trinajstić information content (AvgIpc) is 3.25. The second kappa shape index (κ2) is 7.49. The number of benzene rings is 2. The molecule has 5 rings (SSSR count). The summed E-state index contributed by atoms with van der Waals surface area (Å²) in [6, 6.07) is 12.9. The first-order chi connectivity index (χ1) is 14.9. The molecule has 1 saturated heterocycles. The highest BCUT2D eigenvalue weighted by molar-refractivity contribution is 5.84. The second-order valence-corrected chi connectivity index (χ2v) is 10.3. The van der Waals surface area contributed by atoms with E-state index in [0.29, 0.717) is 11.8 Å². The molecule has 2 aromatic rings. The maximum atomic E-state index is 12.5. The summed E-state index contributed by atoms with van der Waals surface area (Å²) in [5, 5.41) is 14.9. The van der Waals surface area contributed by atoms with Crippen molar-refractivity contribution >= 4 is 16.7 Å². The summed E-state index contributed by atoms with van der Waals surface area (Å²) >= 11 is 0. The summed E-state index contributed by atoms with van der Waals surface area (Å²) in [6.07, 6.45) is 3.51. The molecule has 2 saturated carbocycles. The van der Waals surface area contributed by atoms with Gasteiger partial charge < -0.3 is 19.9 Å². The SMILES string of the molecule is COc1ccc2cc([C@H]3OCC[C@@]45C[C@@H](C[C@H]34)C(C)(C)[C@@H]5NC(=O)CCO)ccc2c1. The Hall–Kier alpha value is -2.11. The van der Waals surface area contributed by atoms with Gasteiger partial charge in [-0.15, -0.1) is 0 Å². The minimum Gasteiger partial charge on any atom is -0.497 e. The zero-order valence-electron chi connectivity index (χ0n) is 18.7. The molecule has 0 radical (unpaired) electrons. The zero-order valence-corrected chi connectivity index (χ0v) is 18.7. The first kappa shape index (κ1) is 20.8. The fourth-order valence-corrected chi connectivity index (χ4v) is 7.00. The Labute approximate surface area is 184 Å². The summed E-state index contributed by atoms with van der Waals surface area (Å²) in [6.45, 7) is 5.23. The van der Waals surface area contributed by atoms with Crippen molar-refractivity contribution < 1.29 is 19.4 Å². The highest BCUT2D eigenvalue weighted by atomic mass is 16.5. The van der Waals surface area contributed by atoms with E-state index in [1.807, 2.05) is 6.07 Å². The van der Waals surface area contributed by atoms with Crippen LogP contribution >= 0.6 is 0 Å². The minimum atomic E-state index is -0.105. The van der Waals surface area contributed by atoms with Gasteiger partial charge in [-0.3, -0.25) is 4.79 Å². The summed E-state index contributed by atoms with van der Waals surface area (Å²) in [7, 11) is 1.69. The summed E-state index contributed by atoms with van der Waals surface area (Å²) < 4.78 is 11.8. The molecule has 5 heteroatoms. The number of carbonyl (C=O) groups excluding carboxylic acids is 1. The van der Waals surface area contributed by atoms with Gasteiger partial charge in [-0.05, 0) is 76.5 Å². The Bertz CT molecular complexity index is 1000. The van der Waals surface area contributed by atoms with E-state index < -0.39 is 0 Å². The van der Waals surface area contributed by atoms with Crippen molar-refractivity contribution in [2.24, 2.45) is 22.7 Å². The van der Waals surface area contributed by atoms with Crippen molar-refractivity contribution in [3.8, 4) is 5.75 Å². The molecule has 5 atom stereocenters. The Balaban J connectivity index is 1.48. The van der Waals surface area contributed by atoms with Crippen LogP contribution < -0.4 is 10.1 Å². The van der Waals surface area contributed by atoms with Crippen LogP contribution in [0.25, 0.3) is 10.8 Å². The number of rotatable bonds is 5. The Morgan fingerprint density at radius 3 is 2.77 bits per heavy atom. The fourth-order valence-electron chi connectivity index (χ4n) is 7.00. The molecule has 1 spiro atoms. The van der Waals surface area contributed by atoms with E-state index in [1.165, 1.54) is 10.9 Å². The molecule has 31 heavy (non-hydrogen) atoms. The predicted octanol–water partition coefficient (Wildman–Crippen LogP) is 4.23. The molecule has 2 bridgehead atoms. The number of fused-ring (bicyclic) bond motifs is 2. The largest absolute Gasteiger partial charge is 0.497 e. The topological polar surface area (TPSA) is 67.8 Å². The Morgan fingerprint density at radius 2 is 2.00 bits per heavy atom. The molecular weight excluding hydrogens is 390 g/mol. The molecule has 0 aromatic heterocycles. The van der Waals surface area contributed by atoms with Gasteiger partial charge in [0.1, 0.15) is 5.75 Å². The lowest BCUT2D eigenvalue weighted by Gasteiger charge is -2.53. The molecule has 2 aromatic carbocycles. The van der Waals surface area contributed by atoms with Gasteiger partial charge in [-0.1, -0.05) is 32.0 Å². The maximum absolute atomic E-state index is 12.5. The van der Waals surface area contributed by atoms with E-state index in [2.05, 4.69) is 49.5 Å². The number of hydrogen-bond donors (Lipinski definition) is 2. The molecule has 2 aliphatic carbocycles. The van der Waals surface area contributed by atoms with E-state index in [9.17, 15) is 9.90 Å². The molecule has 1 heterocycles. The quantitative estimate of drug-likeness (QED) is 0.755. The molecule has 5 nitrogen and oxygen atoms in total.